The first-order valence-corrected chi connectivity index (χ1v) is 8.17. The molecule has 21 heavy (non-hydrogen) atoms. The number of ether oxygens (including phenoxy) is 1. The van der Waals surface area contributed by atoms with Gasteiger partial charge in [-0.2, -0.15) is 0 Å². The van der Waals surface area contributed by atoms with Crippen molar-refractivity contribution in [3.8, 4) is 0 Å². The van der Waals surface area contributed by atoms with Crippen LogP contribution in [-0.2, 0) is 14.3 Å². The topological polar surface area (TPSA) is 63.6 Å². The van der Waals surface area contributed by atoms with Crippen molar-refractivity contribution in [2.75, 3.05) is 6.61 Å². The first-order chi connectivity index (χ1) is 10.2. The number of rotatable bonds is 9. The Morgan fingerprint density at radius 2 is 1.76 bits per heavy atom. The summed E-state index contributed by atoms with van der Waals surface area (Å²) in [5.74, 6) is -2.16. The molecule has 1 aliphatic carbocycles. The fourth-order valence-electron chi connectivity index (χ4n) is 2.87. The third-order valence-electron chi connectivity index (χ3n) is 4.13. The van der Waals surface area contributed by atoms with Crippen molar-refractivity contribution < 1.29 is 19.4 Å². The lowest BCUT2D eigenvalue weighted by molar-refractivity contribution is -0.159. The Labute approximate surface area is 127 Å². The summed E-state index contributed by atoms with van der Waals surface area (Å²) in [5.41, 5.74) is 0. The third-order valence-corrected chi connectivity index (χ3v) is 4.13. The van der Waals surface area contributed by atoms with Gasteiger partial charge in [-0.25, -0.2) is 0 Å². The Balaban J connectivity index is 2.16. The molecule has 0 radical (unpaired) electrons. The van der Waals surface area contributed by atoms with E-state index in [4.69, 9.17) is 9.84 Å². The molecule has 1 rings (SSSR count). The molecular weight excluding hydrogens is 268 g/mol. The van der Waals surface area contributed by atoms with Crippen LogP contribution in [0.4, 0.5) is 0 Å². The Bertz CT molecular complexity index is 349. The lowest BCUT2D eigenvalue weighted by Crippen LogP contribution is -2.33. The van der Waals surface area contributed by atoms with E-state index in [9.17, 15) is 9.59 Å². The minimum Gasteiger partial charge on any atom is -0.481 e. The average Bonchev–Trinajstić information content (AvgIpc) is 2.49. The monoisotopic (exact) mass is 296 g/mol. The van der Waals surface area contributed by atoms with Crippen LogP contribution in [0.5, 0.6) is 0 Å². The molecule has 0 heterocycles. The van der Waals surface area contributed by atoms with Crippen molar-refractivity contribution in [2.24, 2.45) is 11.8 Å². The third kappa shape index (κ3) is 6.78. The van der Waals surface area contributed by atoms with E-state index >= 15 is 0 Å². The number of hydrogen-bond donors (Lipinski definition) is 1. The number of hydrogen-bond acceptors (Lipinski definition) is 3. The van der Waals surface area contributed by atoms with Gasteiger partial charge >= 0.3 is 11.9 Å². The van der Waals surface area contributed by atoms with Gasteiger partial charge in [0, 0.05) is 0 Å². The standard InChI is InChI=1S/C17H28O4/c1-2-3-4-5-6-7-10-13-21-17(20)15-12-9-8-11-14(15)16(18)19/h2-3,14-15H,4-13H2,1H3,(H,18,19)/b3-2+. The van der Waals surface area contributed by atoms with Crippen molar-refractivity contribution in [3.05, 3.63) is 12.2 Å². The summed E-state index contributed by atoms with van der Waals surface area (Å²) in [6, 6.07) is 0. The molecule has 1 saturated carbocycles. The van der Waals surface area contributed by atoms with Crippen LogP contribution in [0.25, 0.3) is 0 Å². The first-order valence-electron chi connectivity index (χ1n) is 8.17. The molecule has 2 atom stereocenters. The number of carboxylic acid groups (broad SMARTS) is 1. The Hall–Kier alpha value is -1.32. The summed E-state index contributed by atoms with van der Waals surface area (Å²) in [6.07, 6.45) is 12.6. The van der Waals surface area contributed by atoms with Gasteiger partial charge in [0.15, 0.2) is 0 Å². The maximum atomic E-state index is 12.0. The average molecular weight is 296 g/mol. The van der Waals surface area contributed by atoms with Crippen molar-refractivity contribution in [1.29, 1.82) is 0 Å². The quantitative estimate of drug-likeness (QED) is 0.397. The lowest BCUT2D eigenvalue weighted by Gasteiger charge is -2.26. The molecule has 0 aliphatic heterocycles. The van der Waals surface area contributed by atoms with E-state index in [1.165, 1.54) is 6.42 Å². The number of aliphatic carboxylic acids is 1. The van der Waals surface area contributed by atoms with Crippen molar-refractivity contribution in [3.63, 3.8) is 0 Å². The molecule has 0 amide bonds. The summed E-state index contributed by atoms with van der Waals surface area (Å²) in [5, 5.41) is 9.16. The second-order valence-corrected chi connectivity index (χ2v) is 5.78. The van der Waals surface area contributed by atoms with Gasteiger partial charge in [0.1, 0.15) is 0 Å². The molecule has 120 valence electrons. The van der Waals surface area contributed by atoms with E-state index < -0.39 is 17.8 Å². The number of carboxylic acids is 1. The van der Waals surface area contributed by atoms with Gasteiger partial charge < -0.3 is 9.84 Å². The summed E-state index contributed by atoms with van der Waals surface area (Å²) in [7, 11) is 0. The van der Waals surface area contributed by atoms with Crippen LogP contribution in [0.2, 0.25) is 0 Å². The van der Waals surface area contributed by atoms with E-state index in [2.05, 4.69) is 12.2 Å². The molecular formula is C17H28O4. The molecule has 1 fully saturated rings. The van der Waals surface area contributed by atoms with Crippen LogP contribution in [-0.4, -0.2) is 23.7 Å². The fourth-order valence-corrected chi connectivity index (χ4v) is 2.87. The number of esters is 1. The molecule has 0 bridgehead atoms. The molecule has 0 aromatic rings. The number of unbranched alkanes of at least 4 members (excludes halogenated alkanes) is 4. The molecule has 2 unspecified atom stereocenters. The zero-order valence-electron chi connectivity index (χ0n) is 13.1. The second kappa shape index (κ2) is 10.4. The molecule has 0 aromatic carbocycles. The number of carbonyl (C=O) groups is 2. The Kier molecular flexibility index (Phi) is 8.79. The van der Waals surface area contributed by atoms with Gasteiger partial charge in [-0.15, -0.1) is 0 Å². The van der Waals surface area contributed by atoms with E-state index in [0.717, 1.165) is 38.5 Å². The molecule has 4 heteroatoms. The molecule has 4 nitrogen and oxygen atoms in total. The van der Waals surface area contributed by atoms with E-state index in [0.29, 0.717) is 19.4 Å². The van der Waals surface area contributed by atoms with Crippen LogP contribution in [0, 0.1) is 11.8 Å². The molecule has 0 saturated heterocycles. The van der Waals surface area contributed by atoms with Crippen LogP contribution in [0.1, 0.15) is 64.7 Å². The maximum Gasteiger partial charge on any atom is 0.309 e. The van der Waals surface area contributed by atoms with Crippen molar-refractivity contribution in [2.45, 2.75) is 64.7 Å². The normalized spacial score (nSPS) is 22.3. The summed E-state index contributed by atoms with van der Waals surface area (Å²) < 4.78 is 5.27. The first kappa shape index (κ1) is 17.7. The van der Waals surface area contributed by atoms with Gasteiger partial charge in [-0.1, -0.05) is 37.8 Å². The van der Waals surface area contributed by atoms with Gasteiger partial charge in [0.05, 0.1) is 18.4 Å². The van der Waals surface area contributed by atoms with Crippen molar-refractivity contribution >= 4 is 11.9 Å². The SMILES string of the molecule is C/C=C/CCCCCCOC(=O)C1CCCCC1C(=O)O. The lowest BCUT2D eigenvalue weighted by atomic mass is 9.79. The van der Waals surface area contributed by atoms with E-state index in [1.54, 1.807) is 0 Å². The smallest absolute Gasteiger partial charge is 0.309 e. The van der Waals surface area contributed by atoms with Gasteiger partial charge in [0.25, 0.3) is 0 Å². The molecule has 0 spiro atoms. The minimum atomic E-state index is -0.861. The van der Waals surface area contributed by atoms with Gasteiger partial charge in [-0.05, 0) is 39.0 Å². The summed E-state index contributed by atoms with van der Waals surface area (Å²) in [6.45, 7) is 2.44. The zero-order chi connectivity index (χ0) is 15.5. The number of allylic oxidation sites excluding steroid dienone is 2. The minimum absolute atomic E-state index is 0.309. The highest BCUT2D eigenvalue weighted by molar-refractivity contribution is 5.81. The van der Waals surface area contributed by atoms with E-state index in [-0.39, 0.29) is 5.97 Å². The molecule has 0 aromatic heterocycles. The Morgan fingerprint density at radius 1 is 1.10 bits per heavy atom. The summed E-state index contributed by atoms with van der Waals surface area (Å²) in [4.78, 5) is 23.1. The summed E-state index contributed by atoms with van der Waals surface area (Å²) >= 11 is 0. The predicted octanol–water partition coefficient (Wildman–Crippen LogP) is 3.95. The van der Waals surface area contributed by atoms with Gasteiger partial charge in [0.2, 0.25) is 0 Å². The Morgan fingerprint density at radius 3 is 2.43 bits per heavy atom. The van der Waals surface area contributed by atoms with Crippen LogP contribution < -0.4 is 0 Å². The maximum absolute atomic E-state index is 12.0. The second-order valence-electron chi connectivity index (χ2n) is 5.78. The highest BCUT2D eigenvalue weighted by atomic mass is 16.5. The fraction of sp³-hybridized carbons (Fsp3) is 0.765. The van der Waals surface area contributed by atoms with Crippen molar-refractivity contribution in [1.82, 2.24) is 0 Å². The highest BCUT2D eigenvalue weighted by Crippen LogP contribution is 2.31. The van der Waals surface area contributed by atoms with E-state index in [1.807, 2.05) is 6.92 Å². The zero-order valence-corrected chi connectivity index (χ0v) is 13.1. The van der Waals surface area contributed by atoms with Crippen LogP contribution >= 0.6 is 0 Å². The van der Waals surface area contributed by atoms with Gasteiger partial charge in [-0.3, -0.25) is 9.59 Å². The number of carbonyl (C=O) groups excluding carboxylic acids is 1. The molecule has 1 N–H and O–H groups in total. The predicted molar refractivity (Wildman–Crippen MR) is 81.9 cm³/mol. The highest BCUT2D eigenvalue weighted by Gasteiger charge is 2.36. The van der Waals surface area contributed by atoms with Crippen LogP contribution in [0.3, 0.4) is 0 Å². The van der Waals surface area contributed by atoms with Crippen LogP contribution in [0.15, 0.2) is 12.2 Å². The largest absolute Gasteiger partial charge is 0.481 e. The molecule has 1 aliphatic rings.